The van der Waals surface area contributed by atoms with Crippen LogP contribution in [-0.2, 0) is 11.3 Å². The first-order valence-electron chi connectivity index (χ1n) is 4.97. The van der Waals surface area contributed by atoms with Gasteiger partial charge in [-0.2, -0.15) is 0 Å². The summed E-state index contributed by atoms with van der Waals surface area (Å²) < 4.78 is 11.4. The molecule has 2 heterocycles. The van der Waals surface area contributed by atoms with Crippen molar-refractivity contribution in [1.82, 2.24) is 4.98 Å². The average Bonchev–Trinajstić information content (AvgIpc) is 2.18. The van der Waals surface area contributed by atoms with Crippen molar-refractivity contribution in [3.63, 3.8) is 0 Å². The Morgan fingerprint density at radius 1 is 1.53 bits per heavy atom. The highest BCUT2D eigenvalue weighted by Gasteiger charge is 2.29. The monoisotopic (exact) mass is 205 g/mol. The number of pyridine rings is 1. The van der Waals surface area contributed by atoms with Crippen LogP contribution in [0, 0.1) is 6.92 Å². The maximum Gasteiger partial charge on any atom is 0.205 e. The zero-order chi connectivity index (χ0) is 11.1. The molecule has 0 aromatic carbocycles. The van der Waals surface area contributed by atoms with E-state index in [9.17, 15) is 0 Å². The van der Waals surface area contributed by atoms with Gasteiger partial charge in [-0.25, -0.2) is 0 Å². The van der Waals surface area contributed by atoms with Crippen LogP contribution >= 0.6 is 0 Å². The molecule has 0 saturated carbocycles. The Bertz CT molecular complexity index is 410. The first-order chi connectivity index (χ1) is 7.03. The van der Waals surface area contributed by atoms with Crippen LogP contribution in [0.5, 0.6) is 5.75 Å². The predicted octanol–water partition coefficient (Wildman–Crippen LogP) is 2.68. The highest BCUT2D eigenvalue weighted by atomic mass is 16.7. The van der Waals surface area contributed by atoms with Crippen molar-refractivity contribution < 1.29 is 9.47 Å². The molecule has 1 aliphatic rings. The number of aromatic nitrogens is 1. The van der Waals surface area contributed by atoms with Gasteiger partial charge in [-0.3, -0.25) is 4.98 Å². The fourth-order valence-corrected chi connectivity index (χ4v) is 1.63. The van der Waals surface area contributed by atoms with E-state index in [1.807, 2.05) is 20.8 Å². The minimum atomic E-state index is -0.570. The highest BCUT2D eigenvalue weighted by Crippen LogP contribution is 2.35. The molecule has 1 aliphatic heterocycles. The van der Waals surface area contributed by atoms with Gasteiger partial charge in [-0.05, 0) is 6.92 Å². The van der Waals surface area contributed by atoms with E-state index in [0.717, 1.165) is 22.6 Å². The van der Waals surface area contributed by atoms with Crippen LogP contribution in [0.2, 0.25) is 0 Å². The van der Waals surface area contributed by atoms with Crippen molar-refractivity contribution in [3.05, 3.63) is 29.6 Å². The molecule has 0 aliphatic carbocycles. The summed E-state index contributed by atoms with van der Waals surface area (Å²) in [6, 6.07) is 0. The molecule has 0 radical (unpaired) electrons. The van der Waals surface area contributed by atoms with Crippen molar-refractivity contribution >= 4 is 6.08 Å². The van der Waals surface area contributed by atoms with Crippen molar-refractivity contribution in [2.75, 3.05) is 0 Å². The second kappa shape index (κ2) is 3.35. The molecule has 3 nitrogen and oxygen atoms in total. The summed E-state index contributed by atoms with van der Waals surface area (Å²) in [6.45, 7) is 10.0. The molecule has 3 heteroatoms. The minimum absolute atomic E-state index is 0.549. The van der Waals surface area contributed by atoms with Crippen LogP contribution in [0.15, 0.2) is 12.8 Å². The summed E-state index contributed by atoms with van der Waals surface area (Å²) in [4.78, 5) is 4.28. The van der Waals surface area contributed by atoms with E-state index in [4.69, 9.17) is 9.47 Å². The third-order valence-corrected chi connectivity index (χ3v) is 2.48. The molecule has 0 saturated heterocycles. The van der Waals surface area contributed by atoms with Crippen LogP contribution in [0.4, 0.5) is 0 Å². The Balaban J connectivity index is 2.54. The second-order valence-corrected chi connectivity index (χ2v) is 4.10. The standard InChI is InChI=1S/C12H15NO2/c1-5-9-6-13-8(2)11-10(9)7-14-12(3,4)15-11/h5-6H,1,7H2,2-4H3. The van der Waals surface area contributed by atoms with Gasteiger partial charge in [0.25, 0.3) is 0 Å². The summed E-state index contributed by atoms with van der Waals surface area (Å²) in [7, 11) is 0. The van der Waals surface area contributed by atoms with Crippen LogP contribution in [0.1, 0.15) is 30.7 Å². The van der Waals surface area contributed by atoms with E-state index in [0.29, 0.717) is 6.61 Å². The van der Waals surface area contributed by atoms with E-state index in [2.05, 4.69) is 11.6 Å². The van der Waals surface area contributed by atoms with Crippen molar-refractivity contribution in [2.45, 2.75) is 33.2 Å². The van der Waals surface area contributed by atoms with Gasteiger partial charge in [-0.15, -0.1) is 0 Å². The van der Waals surface area contributed by atoms with Gasteiger partial charge in [0.1, 0.15) is 5.75 Å². The Morgan fingerprint density at radius 2 is 2.27 bits per heavy atom. The maximum atomic E-state index is 5.76. The third kappa shape index (κ3) is 1.75. The Morgan fingerprint density at radius 3 is 2.93 bits per heavy atom. The van der Waals surface area contributed by atoms with E-state index in [-0.39, 0.29) is 0 Å². The Hall–Kier alpha value is -1.35. The number of ether oxygens (including phenoxy) is 2. The van der Waals surface area contributed by atoms with Crippen LogP contribution in [0.25, 0.3) is 6.08 Å². The number of fused-ring (bicyclic) bond motifs is 1. The van der Waals surface area contributed by atoms with Crippen molar-refractivity contribution in [3.8, 4) is 5.75 Å². The van der Waals surface area contributed by atoms with Crippen LogP contribution in [0.3, 0.4) is 0 Å². The normalized spacial score (nSPS) is 17.8. The highest BCUT2D eigenvalue weighted by molar-refractivity contribution is 5.56. The lowest BCUT2D eigenvalue weighted by molar-refractivity contribution is -0.180. The second-order valence-electron chi connectivity index (χ2n) is 4.10. The summed E-state index contributed by atoms with van der Waals surface area (Å²) in [6.07, 6.45) is 3.57. The van der Waals surface area contributed by atoms with Gasteiger partial charge in [0.15, 0.2) is 0 Å². The molecule has 2 rings (SSSR count). The average molecular weight is 205 g/mol. The molecular formula is C12H15NO2. The number of aryl methyl sites for hydroxylation is 1. The molecule has 15 heavy (non-hydrogen) atoms. The minimum Gasteiger partial charge on any atom is -0.461 e. The quantitative estimate of drug-likeness (QED) is 0.706. The predicted molar refractivity (Wildman–Crippen MR) is 58.6 cm³/mol. The summed E-state index contributed by atoms with van der Waals surface area (Å²) in [5.74, 6) is 0.267. The third-order valence-electron chi connectivity index (χ3n) is 2.48. The first-order valence-corrected chi connectivity index (χ1v) is 4.97. The topological polar surface area (TPSA) is 31.4 Å². The van der Waals surface area contributed by atoms with Gasteiger partial charge in [0.05, 0.1) is 12.3 Å². The molecule has 0 amide bonds. The lowest BCUT2D eigenvalue weighted by Crippen LogP contribution is -2.36. The number of rotatable bonds is 1. The first kappa shape index (κ1) is 10.2. The summed E-state index contributed by atoms with van der Waals surface area (Å²) in [5.41, 5.74) is 2.91. The number of hydrogen-bond donors (Lipinski definition) is 0. The van der Waals surface area contributed by atoms with Crippen LogP contribution < -0.4 is 4.74 Å². The molecule has 1 aromatic rings. The van der Waals surface area contributed by atoms with Gasteiger partial charge < -0.3 is 9.47 Å². The summed E-state index contributed by atoms with van der Waals surface area (Å²) >= 11 is 0. The van der Waals surface area contributed by atoms with E-state index < -0.39 is 5.79 Å². The van der Waals surface area contributed by atoms with E-state index in [1.165, 1.54) is 0 Å². The largest absolute Gasteiger partial charge is 0.461 e. The molecule has 1 aromatic heterocycles. The number of nitrogens with zero attached hydrogens (tertiary/aromatic N) is 1. The summed E-state index contributed by atoms with van der Waals surface area (Å²) in [5, 5.41) is 0. The zero-order valence-corrected chi connectivity index (χ0v) is 9.33. The zero-order valence-electron chi connectivity index (χ0n) is 9.33. The van der Waals surface area contributed by atoms with E-state index in [1.54, 1.807) is 12.3 Å². The molecule has 0 unspecified atom stereocenters. The van der Waals surface area contributed by atoms with Crippen molar-refractivity contribution in [1.29, 1.82) is 0 Å². The fourth-order valence-electron chi connectivity index (χ4n) is 1.63. The van der Waals surface area contributed by atoms with Gasteiger partial charge in [0.2, 0.25) is 5.79 Å². The fraction of sp³-hybridized carbons (Fsp3) is 0.417. The van der Waals surface area contributed by atoms with Gasteiger partial charge in [-0.1, -0.05) is 12.7 Å². The molecule has 0 bridgehead atoms. The van der Waals surface area contributed by atoms with E-state index >= 15 is 0 Å². The van der Waals surface area contributed by atoms with Gasteiger partial charge >= 0.3 is 0 Å². The maximum absolute atomic E-state index is 5.76. The smallest absolute Gasteiger partial charge is 0.205 e. The molecular weight excluding hydrogens is 190 g/mol. The van der Waals surface area contributed by atoms with Gasteiger partial charge in [0, 0.05) is 31.2 Å². The Kier molecular flexibility index (Phi) is 2.27. The number of hydrogen-bond acceptors (Lipinski definition) is 3. The molecule has 0 spiro atoms. The Labute approximate surface area is 89.7 Å². The molecule has 0 atom stereocenters. The van der Waals surface area contributed by atoms with Crippen molar-refractivity contribution in [2.24, 2.45) is 0 Å². The lowest BCUT2D eigenvalue weighted by Gasteiger charge is -2.33. The lowest BCUT2D eigenvalue weighted by atomic mass is 10.1. The van der Waals surface area contributed by atoms with Crippen LogP contribution in [-0.4, -0.2) is 10.8 Å². The molecule has 80 valence electrons. The SMILES string of the molecule is C=Cc1cnc(C)c2c1COC(C)(C)O2. The molecule has 0 fully saturated rings. The molecule has 0 N–H and O–H groups in total.